The van der Waals surface area contributed by atoms with Gasteiger partial charge in [-0.05, 0) is 35.5 Å². The van der Waals surface area contributed by atoms with Crippen molar-refractivity contribution in [1.29, 1.82) is 0 Å². The molecule has 0 amide bonds. The van der Waals surface area contributed by atoms with E-state index in [-0.39, 0.29) is 0 Å². The summed E-state index contributed by atoms with van der Waals surface area (Å²) in [6.45, 7) is 19.2. The predicted molar refractivity (Wildman–Crippen MR) is 80.3 cm³/mol. The topological polar surface area (TPSA) is 0 Å². The molecule has 3 unspecified atom stereocenters. The van der Waals surface area contributed by atoms with E-state index >= 15 is 0 Å². The molecule has 0 fully saturated rings. The van der Waals surface area contributed by atoms with Crippen LogP contribution in [-0.2, 0) is 0 Å². The van der Waals surface area contributed by atoms with Gasteiger partial charge in [0, 0.05) is 0 Å². The van der Waals surface area contributed by atoms with Gasteiger partial charge in [0.15, 0.2) is 0 Å². The summed E-state index contributed by atoms with van der Waals surface area (Å²) >= 11 is 0. The Kier molecular flexibility index (Phi) is 7.44. The lowest BCUT2D eigenvalue weighted by Gasteiger charge is -2.39. The van der Waals surface area contributed by atoms with E-state index in [1.54, 1.807) is 0 Å². The molecule has 0 saturated carbocycles. The first-order chi connectivity index (χ1) is 7.84. The minimum absolute atomic E-state index is 0.588. The molecule has 0 N–H and O–H groups in total. The average Bonchev–Trinajstić information content (AvgIpc) is 2.30. The van der Waals surface area contributed by atoms with Crippen LogP contribution in [0.1, 0.15) is 81.1 Å². The Bertz CT molecular complexity index is 180. The molecule has 0 aromatic carbocycles. The van der Waals surface area contributed by atoms with Crippen molar-refractivity contribution in [1.82, 2.24) is 0 Å². The first kappa shape index (κ1) is 17.0. The van der Waals surface area contributed by atoms with E-state index in [1.165, 1.54) is 25.7 Å². The molecule has 0 aliphatic heterocycles. The molecule has 17 heavy (non-hydrogen) atoms. The number of hydrogen-bond acceptors (Lipinski definition) is 0. The fourth-order valence-electron chi connectivity index (χ4n) is 3.47. The highest BCUT2D eigenvalue weighted by Gasteiger charge is 2.32. The van der Waals surface area contributed by atoms with Crippen molar-refractivity contribution in [2.45, 2.75) is 81.1 Å². The molecular weight excluding hydrogens is 204 g/mol. The van der Waals surface area contributed by atoms with E-state index < -0.39 is 0 Å². The van der Waals surface area contributed by atoms with Crippen molar-refractivity contribution in [3.8, 4) is 0 Å². The van der Waals surface area contributed by atoms with E-state index in [1.807, 2.05) is 0 Å². The Morgan fingerprint density at radius 2 is 1.18 bits per heavy atom. The number of hydrogen-bond donors (Lipinski definition) is 0. The van der Waals surface area contributed by atoms with E-state index in [0.717, 1.165) is 23.7 Å². The van der Waals surface area contributed by atoms with Crippen molar-refractivity contribution in [3.63, 3.8) is 0 Å². The van der Waals surface area contributed by atoms with Gasteiger partial charge in [0.2, 0.25) is 0 Å². The van der Waals surface area contributed by atoms with Gasteiger partial charge in [0.05, 0.1) is 0 Å². The zero-order valence-corrected chi connectivity index (χ0v) is 13.6. The van der Waals surface area contributed by atoms with E-state index in [2.05, 4.69) is 55.4 Å². The van der Waals surface area contributed by atoms with Crippen LogP contribution in [-0.4, -0.2) is 0 Å². The third-order valence-electron chi connectivity index (χ3n) is 5.83. The highest BCUT2D eigenvalue weighted by atomic mass is 14.4. The molecule has 3 atom stereocenters. The van der Waals surface area contributed by atoms with Crippen LogP contribution < -0.4 is 0 Å². The SMILES string of the molecule is CCC(CC)(CC)C(C)CC(C)C(C)C(C)C. The Balaban J connectivity index is 4.55. The molecule has 0 rings (SSSR count). The smallest absolute Gasteiger partial charge is 0.0280 e. The van der Waals surface area contributed by atoms with Crippen LogP contribution in [0.2, 0.25) is 0 Å². The van der Waals surface area contributed by atoms with Gasteiger partial charge >= 0.3 is 0 Å². The summed E-state index contributed by atoms with van der Waals surface area (Å²) in [6, 6.07) is 0. The van der Waals surface area contributed by atoms with E-state index in [0.29, 0.717) is 5.41 Å². The van der Waals surface area contributed by atoms with E-state index in [4.69, 9.17) is 0 Å². The first-order valence-electron chi connectivity index (χ1n) is 7.84. The summed E-state index contributed by atoms with van der Waals surface area (Å²) in [6.07, 6.45) is 5.41. The van der Waals surface area contributed by atoms with Crippen molar-refractivity contribution in [2.24, 2.45) is 29.1 Å². The molecule has 0 heteroatoms. The van der Waals surface area contributed by atoms with Gasteiger partial charge in [0.25, 0.3) is 0 Å². The van der Waals surface area contributed by atoms with Crippen LogP contribution in [0.5, 0.6) is 0 Å². The lowest BCUT2D eigenvalue weighted by molar-refractivity contribution is 0.109. The van der Waals surface area contributed by atoms with Crippen LogP contribution in [0.3, 0.4) is 0 Å². The van der Waals surface area contributed by atoms with Gasteiger partial charge in [0.1, 0.15) is 0 Å². The summed E-state index contributed by atoms with van der Waals surface area (Å²) in [4.78, 5) is 0. The summed E-state index contributed by atoms with van der Waals surface area (Å²) < 4.78 is 0. The maximum Gasteiger partial charge on any atom is -0.0280 e. The van der Waals surface area contributed by atoms with Gasteiger partial charge < -0.3 is 0 Å². The third kappa shape index (κ3) is 4.30. The van der Waals surface area contributed by atoms with Gasteiger partial charge in [-0.15, -0.1) is 0 Å². The molecule has 0 nitrogen and oxygen atoms in total. The molecule has 104 valence electrons. The Morgan fingerprint density at radius 3 is 1.47 bits per heavy atom. The predicted octanol–water partition coefficient (Wildman–Crippen LogP) is 6.16. The van der Waals surface area contributed by atoms with Crippen LogP contribution in [0.25, 0.3) is 0 Å². The van der Waals surface area contributed by atoms with Crippen LogP contribution in [0.15, 0.2) is 0 Å². The largest absolute Gasteiger partial charge is 0.0648 e. The third-order valence-corrected chi connectivity index (χ3v) is 5.83. The van der Waals surface area contributed by atoms with Crippen LogP contribution in [0.4, 0.5) is 0 Å². The minimum Gasteiger partial charge on any atom is -0.0648 e. The van der Waals surface area contributed by atoms with E-state index in [9.17, 15) is 0 Å². The molecule has 0 aliphatic carbocycles. The Hall–Kier alpha value is 0. The van der Waals surface area contributed by atoms with Gasteiger partial charge in [-0.25, -0.2) is 0 Å². The maximum atomic E-state index is 2.49. The molecule has 0 aliphatic rings. The van der Waals surface area contributed by atoms with Gasteiger partial charge in [-0.1, -0.05) is 74.7 Å². The van der Waals surface area contributed by atoms with Crippen LogP contribution in [0, 0.1) is 29.1 Å². The van der Waals surface area contributed by atoms with Crippen LogP contribution >= 0.6 is 0 Å². The van der Waals surface area contributed by atoms with Crippen molar-refractivity contribution < 1.29 is 0 Å². The molecule has 0 aromatic heterocycles. The summed E-state index contributed by atoms with van der Waals surface area (Å²) in [5.41, 5.74) is 0.588. The molecule has 0 spiro atoms. The molecule has 0 bridgehead atoms. The van der Waals surface area contributed by atoms with Gasteiger partial charge in [-0.3, -0.25) is 0 Å². The zero-order chi connectivity index (χ0) is 13.6. The second kappa shape index (κ2) is 7.44. The monoisotopic (exact) mass is 240 g/mol. The first-order valence-corrected chi connectivity index (χ1v) is 7.84. The molecular formula is C17H36. The molecule has 0 saturated heterocycles. The normalized spacial score (nSPS) is 18.2. The fraction of sp³-hybridized carbons (Fsp3) is 1.00. The maximum absolute atomic E-state index is 2.49. The van der Waals surface area contributed by atoms with Crippen molar-refractivity contribution in [3.05, 3.63) is 0 Å². The molecule has 0 radical (unpaired) electrons. The average molecular weight is 240 g/mol. The summed E-state index contributed by atoms with van der Waals surface area (Å²) in [5, 5.41) is 0. The quantitative estimate of drug-likeness (QED) is 0.477. The van der Waals surface area contributed by atoms with Crippen molar-refractivity contribution in [2.75, 3.05) is 0 Å². The molecule has 0 heterocycles. The van der Waals surface area contributed by atoms with Gasteiger partial charge in [-0.2, -0.15) is 0 Å². The second-order valence-electron chi connectivity index (χ2n) is 6.64. The lowest BCUT2D eigenvalue weighted by Crippen LogP contribution is -2.30. The number of rotatable bonds is 8. The Morgan fingerprint density at radius 1 is 0.765 bits per heavy atom. The highest BCUT2D eigenvalue weighted by Crippen LogP contribution is 2.42. The second-order valence-corrected chi connectivity index (χ2v) is 6.64. The minimum atomic E-state index is 0.588. The fourth-order valence-corrected chi connectivity index (χ4v) is 3.47. The van der Waals surface area contributed by atoms with Crippen molar-refractivity contribution >= 4 is 0 Å². The summed E-state index contributed by atoms with van der Waals surface area (Å²) in [5.74, 6) is 3.38. The zero-order valence-electron chi connectivity index (χ0n) is 13.6. The Labute approximate surface area is 111 Å². The standard InChI is InChI=1S/C17H36/c1-9-17(10-2,11-3)15(7)12-14(6)16(8)13(4)5/h13-16H,9-12H2,1-8H3. The highest BCUT2D eigenvalue weighted by molar-refractivity contribution is 4.83. The summed E-state index contributed by atoms with van der Waals surface area (Å²) in [7, 11) is 0. The lowest BCUT2D eigenvalue weighted by atomic mass is 9.66. The molecule has 0 aromatic rings.